The van der Waals surface area contributed by atoms with Crippen LogP contribution in [-0.4, -0.2) is 62.1 Å². The number of fused-ring (bicyclic) bond motifs is 4. The van der Waals surface area contributed by atoms with Crippen molar-refractivity contribution in [1.29, 1.82) is 0 Å². The number of aromatic nitrogens is 5. The van der Waals surface area contributed by atoms with E-state index in [1.54, 1.807) is 0 Å². The van der Waals surface area contributed by atoms with E-state index in [0.29, 0.717) is 23.2 Å². The highest BCUT2D eigenvalue weighted by Crippen LogP contribution is 2.32. The molecule has 2 saturated heterocycles. The minimum absolute atomic E-state index is 0.184. The van der Waals surface area contributed by atoms with Crippen molar-refractivity contribution in [2.45, 2.75) is 51.0 Å². The van der Waals surface area contributed by atoms with Crippen LogP contribution >= 0.6 is 0 Å². The van der Waals surface area contributed by atoms with E-state index >= 15 is 4.39 Å². The number of halogens is 1. The molecule has 7 rings (SSSR count). The lowest BCUT2D eigenvalue weighted by atomic mass is 10.0. The Labute approximate surface area is 233 Å². The van der Waals surface area contributed by atoms with Crippen LogP contribution in [0.25, 0.3) is 17.1 Å². The summed E-state index contributed by atoms with van der Waals surface area (Å²) in [6.07, 6.45) is 7.95. The molecule has 0 radical (unpaired) electrons. The monoisotopic (exact) mass is 539 g/mol. The van der Waals surface area contributed by atoms with Gasteiger partial charge in [-0.05, 0) is 74.0 Å². The van der Waals surface area contributed by atoms with Gasteiger partial charge in [0.2, 0.25) is 11.9 Å². The average Bonchev–Trinajstić information content (AvgIpc) is 3.11. The third-order valence-corrected chi connectivity index (χ3v) is 8.51. The lowest BCUT2D eigenvalue weighted by molar-refractivity contribution is 0.180. The summed E-state index contributed by atoms with van der Waals surface area (Å²) >= 11 is 0. The van der Waals surface area contributed by atoms with Gasteiger partial charge in [-0.3, -0.25) is 4.90 Å². The molecular weight excluding hydrogens is 505 g/mol. The summed E-state index contributed by atoms with van der Waals surface area (Å²) in [6, 6.07) is 16.1. The van der Waals surface area contributed by atoms with Gasteiger partial charge in [0.25, 0.3) is 0 Å². The van der Waals surface area contributed by atoms with E-state index in [4.69, 9.17) is 5.73 Å². The molecule has 40 heavy (non-hydrogen) atoms. The molecule has 9 nitrogen and oxygen atoms in total. The molecule has 1 atom stereocenters. The number of nitrogens with zero attached hydrogens (tertiary/aromatic N) is 7. The molecule has 0 bridgehead atoms. The largest absolute Gasteiger partial charge is 0.368 e. The molecule has 2 aliphatic heterocycles. The van der Waals surface area contributed by atoms with Crippen LogP contribution < -0.4 is 16.0 Å². The quantitative estimate of drug-likeness (QED) is 0.384. The summed E-state index contributed by atoms with van der Waals surface area (Å²) in [6.45, 7) is 3.87. The molecule has 0 amide bonds. The fraction of sp³-hybridized carbons (Fsp3) is 0.400. The predicted octanol–water partition coefficient (Wildman–Crippen LogP) is 4.74. The molecule has 3 aliphatic rings. The first-order chi connectivity index (χ1) is 19.6. The van der Waals surface area contributed by atoms with Crippen LogP contribution in [0, 0.1) is 5.82 Å². The molecular formula is C30H34FN9. The van der Waals surface area contributed by atoms with Gasteiger partial charge in [-0.25, -0.2) is 4.39 Å². The lowest BCUT2D eigenvalue weighted by Gasteiger charge is -2.41. The fourth-order valence-electron chi connectivity index (χ4n) is 6.45. The van der Waals surface area contributed by atoms with E-state index in [1.807, 2.05) is 24.3 Å². The highest BCUT2D eigenvalue weighted by atomic mass is 19.1. The Morgan fingerprint density at radius 3 is 2.73 bits per heavy atom. The van der Waals surface area contributed by atoms with E-state index < -0.39 is 0 Å². The number of aryl methyl sites for hydroxylation is 2. The van der Waals surface area contributed by atoms with E-state index in [9.17, 15) is 0 Å². The maximum Gasteiger partial charge on any atom is 0.248 e. The number of nitrogens with two attached hydrogens (primary N) is 1. The van der Waals surface area contributed by atoms with Crippen molar-refractivity contribution in [2.75, 3.05) is 42.1 Å². The molecule has 2 aromatic carbocycles. The minimum Gasteiger partial charge on any atom is -0.368 e. The number of hydrogen-bond donors (Lipinski definition) is 2. The van der Waals surface area contributed by atoms with E-state index in [-0.39, 0.29) is 17.7 Å². The van der Waals surface area contributed by atoms with Gasteiger partial charge in [0.05, 0.1) is 11.4 Å². The molecule has 10 heteroatoms. The van der Waals surface area contributed by atoms with Crippen molar-refractivity contribution in [2.24, 2.45) is 0 Å². The first-order valence-electron chi connectivity index (χ1n) is 14.4. The molecule has 206 valence electrons. The number of benzene rings is 2. The van der Waals surface area contributed by atoms with Gasteiger partial charge in [-0.2, -0.15) is 9.67 Å². The van der Waals surface area contributed by atoms with Crippen molar-refractivity contribution >= 4 is 23.3 Å². The number of nitrogen functional groups attached to an aromatic ring is 1. The number of rotatable bonds is 4. The Bertz CT molecular complexity index is 1530. The second-order valence-corrected chi connectivity index (χ2v) is 11.1. The maximum atomic E-state index is 15.3. The predicted molar refractivity (Wildman–Crippen MR) is 155 cm³/mol. The smallest absolute Gasteiger partial charge is 0.248 e. The number of nitrogens with one attached hydrogen (secondary N) is 1. The molecule has 3 N–H and O–H groups in total. The molecule has 4 heterocycles. The van der Waals surface area contributed by atoms with Crippen LogP contribution in [0.3, 0.4) is 0 Å². The summed E-state index contributed by atoms with van der Waals surface area (Å²) in [5.74, 6) is 0.717. The minimum atomic E-state index is -0.253. The van der Waals surface area contributed by atoms with Gasteiger partial charge in [0.15, 0.2) is 5.82 Å². The van der Waals surface area contributed by atoms with Gasteiger partial charge in [-0.1, -0.05) is 37.1 Å². The van der Waals surface area contributed by atoms with Crippen molar-refractivity contribution in [3.8, 4) is 17.1 Å². The standard InChI is InChI=1S/C30H34FN9/c31-25-18-22(12-13-26(25)39-16-15-38-14-5-1-2-10-23(38)19-39)33-30-34-29(32)40(37-30)27-17-21-9-6-8-20-7-3-4-11-24(20)28(21)36-35-27/h3-4,7,11-13,17-18,23H,1-2,5-6,8-10,14-16,19H2,(H3,32,33,34,37). The maximum absolute atomic E-state index is 15.3. The normalized spacial score (nSPS) is 19.2. The lowest BCUT2D eigenvalue weighted by Crippen LogP contribution is -2.53. The van der Waals surface area contributed by atoms with Crippen LogP contribution in [0.4, 0.5) is 27.7 Å². The summed E-state index contributed by atoms with van der Waals surface area (Å²) in [5, 5.41) is 16.6. The zero-order valence-electron chi connectivity index (χ0n) is 22.6. The SMILES string of the molecule is Nc1nc(Nc2ccc(N3CCN4CCCCCC4C3)c(F)c2)nn1-c1cc2c(nn1)-c1ccccc1CCC2. The summed E-state index contributed by atoms with van der Waals surface area (Å²) in [5.41, 5.74) is 11.9. The van der Waals surface area contributed by atoms with Crippen LogP contribution in [0.2, 0.25) is 0 Å². The Kier molecular flexibility index (Phi) is 6.55. The first-order valence-corrected chi connectivity index (χ1v) is 14.4. The Balaban J connectivity index is 1.09. The van der Waals surface area contributed by atoms with E-state index in [1.165, 1.54) is 42.0 Å². The van der Waals surface area contributed by atoms with E-state index in [0.717, 1.165) is 62.3 Å². The van der Waals surface area contributed by atoms with Crippen LogP contribution in [0.1, 0.15) is 43.2 Å². The molecule has 2 fully saturated rings. The Morgan fingerprint density at radius 2 is 1.80 bits per heavy atom. The topological polar surface area (TPSA) is 101 Å². The Hall–Kier alpha value is -4.05. The van der Waals surface area contributed by atoms with E-state index in [2.05, 4.69) is 53.6 Å². The van der Waals surface area contributed by atoms with Gasteiger partial charge < -0.3 is 16.0 Å². The number of piperazine rings is 1. The third-order valence-electron chi connectivity index (χ3n) is 8.51. The highest BCUT2D eigenvalue weighted by Gasteiger charge is 2.29. The third kappa shape index (κ3) is 4.77. The molecule has 0 spiro atoms. The van der Waals surface area contributed by atoms with Gasteiger partial charge in [0, 0.05) is 36.9 Å². The molecule has 1 unspecified atom stereocenters. The average molecular weight is 540 g/mol. The van der Waals surface area contributed by atoms with Crippen LogP contribution in [-0.2, 0) is 12.8 Å². The summed E-state index contributed by atoms with van der Waals surface area (Å²) in [4.78, 5) is 9.12. The number of anilines is 4. The summed E-state index contributed by atoms with van der Waals surface area (Å²) in [7, 11) is 0. The van der Waals surface area contributed by atoms with Gasteiger partial charge in [-0.15, -0.1) is 15.3 Å². The van der Waals surface area contributed by atoms with Crippen LogP contribution in [0.15, 0.2) is 48.5 Å². The zero-order chi connectivity index (χ0) is 27.1. The van der Waals surface area contributed by atoms with Crippen molar-refractivity contribution < 1.29 is 4.39 Å². The second kappa shape index (κ2) is 10.5. The summed E-state index contributed by atoms with van der Waals surface area (Å²) < 4.78 is 16.8. The Morgan fingerprint density at radius 1 is 0.900 bits per heavy atom. The zero-order valence-corrected chi connectivity index (χ0v) is 22.6. The van der Waals surface area contributed by atoms with Crippen molar-refractivity contribution in [3.63, 3.8) is 0 Å². The first kappa shape index (κ1) is 25.0. The molecule has 4 aromatic rings. The van der Waals surface area contributed by atoms with Crippen molar-refractivity contribution in [1.82, 2.24) is 29.9 Å². The highest BCUT2D eigenvalue weighted by molar-refractivity contribution is 5.68. The van der Waals surface area contributed by atoms with Crippen molar-refractivity contribution in [3.05, 3.63) is 65.5 Å². The fourth-order valence-corrected chi connectivity index (χ4v) is 6.45. The molecule has 2 aromatic heterocycles. The molecule has 1 aliphatic carbocycles. The van der Waals surface area contributed by atoms with Gasteiger partial charge >= 0.3 is 0 Å². The number of hydrogen-bond acceptors (Lipinski definition) is 8. The van der Waals surface area contributed by atoms with Crippen LogP contribution in [0.5, 0.6) is 0 Å². The molecule has 0 saturated carbocycles. The second-order valence-electron chi connectivity index (χ2n) is 11.1. The van der Waals surface area contributed by atoms with Gasteiger partial charge in [0.1, 0.15) is 5.82 Å².